The van der Waals surface area contributed by atoms with E-state index in [2.05, 4.69) is 56.4 Å². The van der Waals surface area contributed by atoms with Crippen LogP contribution in [0.2, 0.25) is 0 Å². The molecule has 0 radical (unpaired) electrons. The summed E-state index contributed by atoms with van der Waals surface area (Å²) >= 11 is 0. The van der Waals surface area contributed by atoms with Crippen LogP contribution in [-0.4, -0.2) is 49.3 Å². The van der Waals surface area contributed by atoms with Gasteiger partial charge in [-0.15, -0.1) is 0 Å². The van der Waals surface area contributed by atoms with Gasteiger partial charge in [-0.1, -0.05) is 165 Å². The lowest BCUT2D eigenvalue weighted by Gasteiger charge is -2.19. The lowest BCUT2D eigenvalue weighted by molar-refractivity contribution is -0.161. The highest BCUT2D eigenvalue weighted by Gasteiger charge is 2.25. The summed E-state index contributed by atoms with van der Waals surface area (Å²) in [4.78, 5) is 34.8. The molecule has 0 aliphatic carbocycles. The van der Waals surface area contributed by atoms with Crippen LogP contribution in [0, 0.1) is 0 Å². The molecule has 0 aromatic heterocycles. The van der Waals surface area contributed by atoms with Crippen molar-refractivity contribution in [3.05, 3.63) is 48.6 Å². The van der Waals surface area contributed by atoms with Crippen LogP contribution < -0.4 is 5.73 Å². The molecule has 3 N–H and O–H groups in total. The third-order valence-corrected chi connectivity index (χ3v) is 9.70. The summed E-state index contributed by atoms with van der Waals surface area (Å²) in [6, 6.07) is 0. The Morgan fingerprint density at radius 3 is 1.51 bits per heavy atom. The minimum Gasteiger partial charge on any atom is -0.462 e. The average molecular weight is 768 g/mol. The zero-order chi connectivity index (χ0) is 38.9. The third kappa shape index (κ3) is 39.5. The van der Waals surface area contributed by atoms with Crippen molar-refractivity contribution in [2.75, 3.05) is 26.4 Å². The summed E-state index contributed by atoms with van der Waals surface area (Å²) in [5.41, 5.74) is 5.34. The van der Waals surface area contributed by atoms with Crippen LogP contribution in [0.3, 0.4) is 0 Å². The van der Waals surface area contributed by atoms with E-state index in [0.717, 1.165) is 38.5 Å². The number of phosphoric acid groups is 1. The first-order valence-electron chi connectivity index (χ1n) is 21.1. The monoisotopic (exact) mass is 768 g/mol. The van der Waals surface area contributed by atoms with Gasteiger partial charge in [0.25, 0.3) is 0 Å². The quantitative estimate of drug-likeness (QED) is 0.0271. The highest BCUT2D eigenvalue weighted by Crippen LogP contribution is 2.43. The van der Waals surface area contributed by atoms with Crippen molar-refractivity contribution >= 4 is 19.8 Å². The minimum atomic E-state index is -4.39. The number of ether oxygens (including phenoxy) is 2. The smallest absolute Gasteiger partial charge is 0.462 e. The Labute approximate surface area is 324 Å². The van der Waals surface area contributed by atoms with Crippen LogP contribution in [0.5, 0.6) is 0 Å². The maximum atomic E-state index is 12.5. The van der Waals surface area contributed by atoms with Crippen LogP contribution in [0.15, 0.2) is 48.6 Å². The number of phosphoric ester groups is 1. The number of allylic oxidation sites excluding steroid dienone is 8. The number of carbonyl (C=O) groups excluding carboxylic acids is 2. The maximum Gasteiger partial charge on any atom is 0.472 e. The van der Waals surface area contributed by atoms with Crippen LogP contribution in [0.4, 0.5) is 0 Å². The van der Waals surface area contributed by atoms with Crippen LogP contribution in [0.25, 0.3) is 0 Å². The molecule has 0 rings (SSSR count). The number of rotatable bonds is 39. The van der Waals surface area contributed by atoms with E-state index >= 15 is 0 Å². The fourth-order valence-electron chi connectivity index (χ4n) is 5.57. The minimum absolute atomic E-state index is 0.0443. The number of hydrogen-bond donors (Lipinski definition) is 2. The second-order valence-corrected chi connectivity index (χ2v) is 15.3. The topological polar surface area (TPSA) is 134 Å². The molecule has 9 nitrogen and oxygen atoms in total. The van der Waals surface area contributed by atoms with E-state index in [9.17, 15) is 19.0 Å². The van der Waals surface area contributed by atoms with Gasteiger partial charge in [0.1, 0.15) is 6.61 Å². The predicted octanol–water partition coefficient (Wildman–Crippen LogP) is 11.9. The zero-order valence-electron chi connectivity index (χ0n) is 33.7. The van der Waals surface area contributed by atoms with E-state index in [4.69, 9.17) is 24.3 Å². The first kappa shape index (κ1) is 51.0. The van der Waals surface area contributed by atoms with Crippen molar-refractivity contribution in [3.8, 4) is 0 Å². The lowest BCUT2D eigenvalue weighted by atomic mass is 10.0. The highest BCUT2D eigenvalue weighted by atomic mass is 31.2. The van der Waals surface area contributed by atoms with Crippen molar-refractivity contribution in [1.29, 1.82) is 0 Å². The molecular weight excluding hydrogens is 689 g/mol. The average Bonchev–Trinajstić information content (AvgIpc) is 3.14. The molecule has 10 heteroatoms. The fraction of sp³-hybridized carbons (Fsp3) is 0.767. The summed E-state index contributed by atoms with van der Waals surface area (Å²) in [7, 11) is -4.39. The maximum absolute atomic E-state index is 12.5. The largest absolute Gasteiger partial charge is 0.472 e. The molecule has 2 atom stereocenters. The zero-order valence-corrected chi connectivity index (χ0v) is 34.6. The number of esters is 2. The van der Waals surface area contributed by atoms with Crippen molar-refractivity contribution < 1.29 is 37.6 Å². The van der Waals surface area contributed by atoms with Gasteiger partial charge < -0.3 is 20.1 Å². The van der Waals surface area contributed by atoms with Gasteiger partial charge in [-0.25, -0.2) is 4.57 Å². The molecule has 0 saturated heterocycles. The summed E-state index contributed by atoms with van der Waals surface area (Å²) in [5, 5.41) is 0. The number of carbonyl (C=O) groups is 2. The molecule has 0 saturated carbocycles. The lowest BCUT2D eigenvalue weighted by Crippen LogP contribution is -2.29. The van der Waals surface area contributed by atoms with Crippen LogP contribution in [0.1, 0.15) is 181 Å². The van der Waals surface area contributed by atoms with Gasteiger partial charge in [0, 0.05) is 19.4 Å². The van der Waals surface area contributed by atoms with Gasteiger partial charge in [-0.3, -0.25) is 18.6 Å². The Bertz CT molecular complexity index is 1010. The van der Waals surface area contributed by atoms with Gasteiger partial charge in [0.15, 0.2) is 6.10 Å². The van der Waals surface area contributed by atoms with E-state index in [-0.39, 0.29) is 32.6 Å². The van der Waals surface area contributed by atoms with E-state index in [1.165, 1.54) is 103 Å². The van der Waals surface area contributed by atoms with Gasteiger partial charge >= 0.3 is 19.8 Å². The molecular formula is C43H78NO8P. The van der Waals surface area contributed by atoms with Gasteiger partial charge in [0.2, 0.25) is 0 Å². The molecule has 308 valence electrons. The van der Waals surface area contributed by atoms with Gasteiger partial charge in [-0.2, -0.15) is 0 Å². The molecule has 0 fully saturated rings. The third-order valence-electron chi connectivity index (χ3n) is 8.72. The van der Waals surface area contributed by atoms with Crippen molar-refractivity contribution in [2.24, 2.45) is 5.73 Å². The molecule has 53 heavy (non-hydrogen) atoms. The Balaban J connectivity index is 4.26. The summed E-state index contributed by atoms with van der Waals surface area (Å²) in [5.74, 6) is -0.892. The van der Waals surface area contributed by atoms with Crippen LogP contribution in [-0.2, 0) is 32.7 Å². The van der Waals surface area contributed by atoms with Crippen molar-refractivity contribution in [3.63, 3.8) is 0 Å². The van der Waals surface area contributed by atoms with E-state index in [1.807, 2.05) is 6.08 Å². The summed E-state index contributed by atoms with van der Waals surface area (Å²) < 4.78 is 32.7. The summed E-state index contributed by atoms with van der Waals surface area (Å²) in [6.45, 7) is 3.64. The van der Waals surface area contributed by atoms with E-state index in [1.54, 1.807) is 0 Å². The molecule has 0 aromatic carbocycles. The number of nitrogens with two attached hydrogens (primary N) is 1. The van der Waals surface area contributed by atoms with Gasteiger partial charge in [0.05, 0.1) is 13.2 Å². The molecule has 0 aliphatic heterocycles. The second-order valence-electron chi connectivity index (χ2n) is 13.9. The Kier molecular flexibility index (Phi) is 38.1. The second kappa shape index (κ2) is 39.7. The SMILES string of the molecule is CCCCC/C=C\C/C=C\C/C=C\C/C=C\CCCC(=O)OC(COC(=O)CCCCCCCCCCCCCCCCC)COP(=O)(O)OCCN. The number of unbranched alkanes of at least 4 members (excludes halogenated alkanes) is 18. The Morgan fingerprint density at radius 1 is 0.566 bits per heavy atom. The predicted molar refractivity (Wildman–Crippen MR) is 220 cm³/mol. The van der Waals surface area contributed by atoms with Crippen molar-refractivity contribution in [2.45, 2.75) is 187 Å². The molecule has 2 unspecified atom stereocenters. The molecule has 0 aliphatic rings. The van der Waals surface area contributed by atoms with E-state index < -0.39 is 32.5 Å². The van der Waals surface area contributed by atoms with Crippen molar-refractivity contribution in [1.82, 2.24) is 0 Å². The standard InChI is InChI=1S/C43H78NO8P/c1-3-5-7-9-11-13-15-17-19-20-22-24-26-28-30-32-34-36-43(46)52-41(40-51-53(47,48)50-38-37-44)39-49-42(45)35-33-31-29-27-25-23-21-18-16-14-12-10-8-6-4-2/h11,13,17,19,22,24,28,30,41H,3-10,12,14-16,18,20-21,23,25-27,29,31-40,44H2,1-2H3,(H,47,48)/b13-11-,19-17-,24-22-,30-28-. The molecule has 0 heterocycles. The molecule has 0 spiro atoms. The molecule has 0 amide bonds. The van der Waals surface area contributed by atoms with Crippen LogP contribution >= 0.6 is 7.82 Å². The highest BCUT2D eigenvalue weighted by molar-refractivity contribution is 7.47. The Morgan fingerprint density at radius 2 is 1.00 bits per heavy atom. The van der Waals surface area contributed by atoms with E-state index in [0.29, 0.717) is 12.8 Å². The Hall–Kier alpha value is -2.03. The van der Waals surface area contributed by atoms with Gasteiger partial charge in [-0.05, 0) is 51.4 Å². The molecule has 0 aromatic rings. The number of hydrogen-bond acceptors (Lipinski definition) is 8. The molecule has 0 bridgehead atoms. The first-order chi connectivity index (χ1) is 25.8. The normalized spacial score (nSPS) is 13.8. The first-order valence-corrected chi connectivity index (χ1v) is 22.6. The fourth-order valence-corrected chi connectivity index (χ4v) is 6.33. The summed E-state index contributed by atoms with van der Waals surface area (Å²) in [6.07, 6.45) is 44.3.